The van der Waals surface area contributed by atoms with Gasteiger partial charge in [-0.3, -0.25) is 14.4 Å². The summed E-state index contributed by atoms with van der Waals surface area (Å²) in [5, 5.41) is 11.6. The number of halogens is 1. The Hall–Kier alpha value is -2.55. The summed E-state index contributed by atoms with van der Waals surface area (Å²) in [5.74, 6) is -2.31. The van der Waals surface area contributed by atoms with E-state index in [1.807, 2.05) is 13.8 Å². The van der Waals surface area contributed by atoms with Crippen LogP contribution in [0.3, 0.4) is 0 Å². The van der Waals surface area contributed by atoms with Crippen molar-refractivity contribution >= 4 is 23.7 Å². The van der Waals surface area contributed by atoms with Gasteiger partial charge < -0.3 is 19.3 Å². The molecule has 0 spiro atoms. The molecule has 0 bridgehead atoms. The summed E-state index contributed by atoms with van der Waals surface area (Å²) < 4.78 is 31.6. The third-order valence-corrected chi connectivity index (χ3v) is 9.39. The second-order valence-electron chi connectivity index (χ2n) is 11.3. The number of allylic oxidation sites excluding steroid dienone is 4. The van der Waals surface area contributed by atoms with E-state index in [1.54, 1.807) is 19.9 Å². The number of fused-ring (bicyclic) bond motifs is 5. The molecule has 0 radical (unpaired) electrons. The van der Waals surface area contributed by atoms with E-state index in [0.29, 0.717) is 18.4 Å². The third kappa shape index (κ3) is 4.33. The molecule has 8 atom stereocenters. The van der Waals surface area contributed by atoms with Gasteiger partial charge in [0.1, 0.15) is 6.17 Å². The van der Waals surface area contributed by atoms with Crippen LogP contribution in [0.5, 0.6) is 0 Å². The van der Waals surface area contributed by atoms with Gasteiger partial charge in [0.15, 0.2) is 18.0 Å². The first kappa shape index (κ1) is 27.5. The SMILES string of the molecule is CCCC(=O)OCC(=O)[C@@]1(OC(=O)OCC)CC[C@H]2[C@@H]3C[C@H](F)C4=CC(=O)C=C[C@]4(C)[C@H]3C(O)C[C@@]21C. The largest absolute Gasteiger partial charge is 0.509 e. The van der Waals surface area contributed by atoms with Crippen LogP contribution in [0.2, 0.25) is 0 Å². The van der Waals surface area contributed by atoms with Crippen molar-refractivity contribution in [1.29, 1.82) is 0 Å². The van der Waals surface area contributed by atoms with Crippen LogP contribution >= 0.6 is 0 Å². The van der Waals surface area contributed by atoms with Crippen molar-refractivity contribution < 1.29 is 42.9 Å². The lowest BCUT2D eigenvalue weighted by atomic mass is 9.46. The molecule has 0 aromatic rings. The number of rotatable bonds is 7. The van der Waals surface area contributed by atoms with Crippen molar-refractivity contribution in [3.05, 3.63) is 23.8 Å². The predicted molar refractivity (Wildman–Crippen MR) is 130 cm³/mol. The van der Waals surface area contributed by atoms with Gasteiger partial charge in [0.05, 0.1) is 12.7 Å². The van der Waals surface area contributed by atoms with Gasteiger partial charge in [0.2, 0.25) is 5.78 Å². The number of carbonyl (C=O) groups is 4. The monoisotopic (exact) mass is 520 g/mol. The first-order valence-corrected chi connectivity index (χ1v) is 13.3. The molecule has 0 aliphatic heterocycles. The van der Waals surface area contributed by atoms with Gasteiger partial charge in [-0.15, -0.1) is 0 Å². The molecule has 204 valence electrons. The normalized spacial score (nSPS) is 40.1. The van der Waals surface area contributed by atoms with E-state index >= 15 is 4.39 Å². The summed E-state index contributed by atoms with van der Waals surface area (Å²) in [5.41, 5.74) is -3.19. The summed E-state index contributed by atoms with van der Waals surface area (Å²) in [7, 11) is 0. The van der Waals surface area contributed by atoms with Gasteiger partial charge in [-0.25, -0.2) is 9.18 Å². The van der Waals surface area contributed by atoms with Crippen molar-refractivity contribution in [2.45, 2.75) is 84.1 Å². The Bertz CT molecular complexity index is 1040. The summed E-state index contributed by atoms with van der Waals surface area (Å²) in [6.45, 7) is 6.57. The van der Waals surface area contributed by atoms with Gasteiger partial charge in [-0.05, 0) is 68.6 Å². The van der Waals surface area contributed by atoms with Crippen molar-refractivity contribution in [3.8, 4) is 0 Å². The smallest absolute Gasteiger partial charge is 0.457 e. The lowest BCUT2D eigenvalue weighted by molar-refractivity contribution is -0.187. The topological polar surface area (TPSA) is 116 Å². The molecular formula is C28H37FO8. The van der Waals surface area contributed by atoms with Crippen molar-refractivity contribution in [1.82, 2.24) is 0 Å². The second kappa shape index (κ2) is 9.97. The van der Waals surface area contributed by atoms with E-state index in [2.05, 4.69) is 0 Å². The quantitative estimate of drug-likeness (QED) is 0.500. The number of aliphatic hydroxyl groups excluding tert-OH is 1. The highest BCUT2D eigenvalue weighted by molar-refractivity contribution is 6.01. The molecule has 0 saturated heterocycles. The van der Waals surface area contributed by atoms with E-state index in [-0.39, 0.29) is 55.8 Å². The number of hydrogen-bond donors (Lipinski definition) is 1. The van der Waals surface area contributed by atoms with Gasteiger partial charge in [0, 0.05) is 23.2 Å². The number of carbonyl (C=O) groups excluding carboxylic acids is 4. The molecule has 4 aliphatic rings. The van der Waals surface area contributed by atoms with Crippen LogP contribution in [0.4, 0.5) is 9.18 Å². The summed E-state index contributed by atoms with van der Waals surface area (Å²) in [6, 6.07) is 0. The molecule has 37 heavy (non-hydrogen) atoms. The Morgan fingerprint density at radius 2 is 1.92 bits per heavy atom. The fraction of sp³-hybridized carbons (Fsp3) is 0.714. The number of aliphatic hydroxyl groups is 1. The molecule has 4 aliphatic carbocycles. The Balaban J connectivity index is 1.71. The average Bonchev–Trinajstić information content (AvgIpc) is 3.11. The number of esters is 1. The summed E-state index contributed by atoms with van der Waals surface area (Å²) in [4.78, 5) is 50.3. The molecular weight excluding hydrogens is 483 g/mol. The lowest BCUT2D eigenvalue weighted by Gasteiger charge is -2.60. The van der Waals surface area contributed by atoms with Crippen molar-refractivity contribution in [3.63, 3.8) is 0 Å². The number of hydrogen-bond acceptors (Lipinski definition) is 8. The fourth-order valence-corrected chi connectivity index (χ4v) is 7.83. The van der Waals surface area contributed by atoms with Crippen molar-refractivity contribution in [2.24, 2.45) is 28.6 Å². The molecule has 0 aromatic heterocycles. The maximum atomic E-state index is 15.6. The van der Waals surface area contributed by atoms with E-state index in [1.165, 1.54) is 12.2 Å². The number of ketones is 2. The second-order valence-corrected chi connectivity index (χ2v) is 11.3. The first-order valence-electron chi connectivity index (χ1n) is 13.3. The maximum absolute atomic E-state index is 15.6. The molecule has 8 nitrogen and oxygen atoms in total. The zero-order valence-electron chi connectivity index (χ0n) is 22.0. The van der Waals surface area contributed by atoms with Gasteiger partial charge in [0.25, 0.3) is 0 Å². The van der Waals surface area contributed by atoms with E-state index < -0.39 is 53.2 Å². The zero-order valence-corrected chi connectivity index (χ0v) is 22.0. The van der Waals surface area contributed by atoms with Gasteiger partial charge >= 0.3 is 12.1 Å². The van der Waals surface area contributed by atoms with Crippen LogP contribution in [0.25, 0.3) is 0 Å². The summed E-state index contributed by atoms with van der Waals surface area (Å²) >= 11 is 0. The van der Waals surface area contributed by atoms with Crippen LogP contribution in [-0.2, 0) is 28.6 Å². The highest BCUT2D eigenvalue weighted by Crippen LogP contribution is 2.68. The zero-order chi connectivity index (χ0) is 27.2. The minimum Gasteiger partial charge on any atom is -0.457 e. The molecule has 3 fully saturated rings. The van der Waals surface area contributed by atoms with Crippen LogP contribution in [0.15, 0.2) is 23.8 Å². The predicted octanol–water partition coefficient (Wildman–Crippen LogP) is 4.04. The number of ether oxygens (including phenoxy) is 3. The van der Waals surface area contributed by atoms with Crippen LogP contribution < -0.4 is 0 Å². The van der Waals surface area contributed by atoms with E-state index in [4.69, 9.17) is 14.2 Å². The minimum absolute atomic E-state index is 0.0457. The molecule has 1 unspecified atom stereocenters. The third-order valence-electron chi connectivity index (χ3n) is 9.39. The molecule has 0 aromatic carbocycles. The first-order chi connectivity index (χ1) is 17.4. The molecule has 9 heteroatoms. The number of alkyl halides is 1. The summed E-state index contributed by atoms with van der Waals surface area (Å²) in [6.07, 6.45) is 2.69. The van der Waals surface area contributed by atoms with Gasteiger partial charge in [-0.1, -0.05) is 26.8 Å². The molecule has 4 rings (SSSR count). The Labute approximate surface area is 216 Å². The Morgan fingerprint density at radius 1 is 1.19 bits per heavy atom. The van der Waals surface area contributed by atoms with E-state index in [9.17, 15) is 24.3 Å². The molecule has 3 saturated carbocycles. The standard InChI is InChI=1S/C28H37FO8/c1-5-7-23(33)36-15-22(32)28(37-25(34)35-6-2)11-9-18-17-13-20(29)19-12-16(30)8-10-26(19,3)24(17)21(31)14-27(18,28)4/h8,10,12,17-18,20-21,24,31H,5-7,9,11,13-15H2,1-4H3/t17-,18-,20-,21?,24+,26-,27-,28-/m0/s1. The van der Waals surface area contributed by atoms with Crippen LogP contribution in [0.1, 0.15) is 66.2 Å². The number of Topliss-reactive ketones (excluding diaryl/α,β-unsaturated/α-hetero) is 1. The molecule has 1 N–H and O–H groups in total. The fourth-order valence-electron chi connectivity index (χ4n) is 7.83. The Kier molecular flexibility index (Phi) is 7.40. The van der Waals surface area contributed by atoms with E-state index in [0.717, 1.165) is 0 Å². The average molecular weight is 521 g/mol. The molecule has 0 amide bonds. The van der Waals surface area contributed by atoms with Crippen molar-refractivity contribution in [2.75, 3.05) is 13.2 Å². The van der Waals surface area contributed by atoms with Crippen LogP contribution in [0, 0.1) is 28.6 Å². The van der Waals surface area contributed by atoms with Crippen LogP contribution in [-0.4, -0.2) is 59.9 Å². The highest BCUT2D eigenvalue weighted by atomic mass is 19.1. The van der Waals surface area contributed by atoms with Gasteiger partial charge in [-0.2, -0.15) is 0 Å². The maximum Gasteiger partial charge on any atom is 0.509 e. The highest BCUT2D eigenvalue weighted by Gasteiger charge is 2.71. The Morgan fingerprint density at radius 3 is 2.59 bits per heavy atom. The minimum atomic E-state index is -1.69. The molecule has 0 heterocycles. The lowest BCUT2D eigenvalue weighted by Crippen LogP contribution is -2.64.